The molecule has 0 unspecified atom stereocenters. The number of carboxylic acid groups (broad SMARTS) is 1. The quantitative estimate of drug-likeness (QED) is 0.886. The molecule has 128 valence electrons. The van der Waals surface area contributed by atoms with E-state index in [1.807, 2.05) is 24.3 Å². The van der Waals surface area contributed by atoms with Gasteiger partial charge in [0.1, 0.15) is 5.54 Å². The predicted octanol–water partition coefficient (Wildman–Crippen LogP) is 1.70. The molecule has 0 aromatic heterocycles. The van der Waals surface area contributed by atoms with Gasteiger partial charge in [0.15, 0.2) is 11.5 Å². The molecule has 1 heterocycles. The fourth-order valence-electron chi connectivity index (χ4n) is 3.46. The number of carbonyl (C=O) groups is 2. The number of hydrogen-bond acceptors (Lipinski definition) is 4. The van der Waals surface area contributed by atoms with Gasteiger partial charge in [0.05, 0.1) is 6.42 Å². The zero-order valence-electron chi connectivity index (χ0n) is 13.5. The van der Waals surface area contributed by atoms with Gasteiger partial charge in [-0.15, -0.1) is 0 Å². The van der Waals surface area contributed by atoms with Crippen molar-refractivity contribution in [2.24, 2.45) is 0 Å². The van der Waals surface area contributed by atoms with Gasteiger partial charge in [0.25, 0.3) is 0 Å². The molecule has 1 aliphatic carbocycles. The van der Waals surface area contributed by atoms with Crippen LogP contribution < -0.4 is 14.8 Å². The molecule has 0 saturated heterocycles. The standard InChI is InChI=1S/C19H17NO5/c21-17(8-12-5-6-15-16(7-12)25-11-24-15)20-19(18(22)23)9-13-3-1-2-4-14(13)10-19/h1-7H,8-11H2,(H,20,21)(H,22,23). The zero-order chi connectivity index (χ0) is 17.4. The maximum absolute atomic E-state index is 12.5. The molecule has 0 spiro atoms. The van der Waals surface area contributed by atoms with E-state index in [-0.39, 0.29) is 19.1 Å². The molecule has 1 amide bonds. The lowest BCUT2D eigenvalue weighted by Gasteiger charge is -2.25. The number of carboxylic acids is 1. The van der Waals surface area contributed by atoms with Gasteiger partial charge in [0.2, 0.25) is 12.7 Å². The zero-order valence-corrected chi connectivity index (χ0v) is 13.5. The maximum atomic E-state index is 12.5. The third-order valence-corrected chi connectivity index (χ3v) is 4.69. The first-order valence-electron chi connectivity index (χ1n) is 8.05. The van der Waals surface area contributed by atoms with Crippen LogP contribution in [0.4, 0.5) is 0 Å². The normalized spacial score (nSPS) is 16.3. The molecule has 0 radical (unpaired) electrons. The Balaban J connectivity index is 1.50. The number of ether oxygens (including phenoxy) is 2. The highest BCUT2D eigenvalue weighted by molar-refractivity contribution is 5.89. The molecule has 2 aromatic rings. The summed E-state index contributed by atoms with van der Waals surface area (Å²) in [6.45, 7) is 0.172. The van der Waals surface area contributed by atoms with Gasteiger partial charge in [-0.1, -0.05) is 30.3 Å². The second-order valence-corrected chi connectivity index (χ2v) is 6.42. The minimum absolute atomic E-state index is 0.0853. The van der Waals surface area contributed by atoms with Crippen LogP contribution in [0.3, 0.4) is 0 Å². The fourth-order valence-corrected chi connectivity index (χ4v) is 3.46. The van der Waals surface area contributed by atoms with E-state index in [1.165, 1.54) is 0 Å². The number of fused-ring (bicyclic) bond motifs is 2. The molecule has 0 atom stereocenters. The molecule has 0 saturated carbocycles. The van der Waals surface area contributed by atoms with E-state index in [2.05, 4.69) is 5.32 Å². The van der Waals surface area contributed by atoms with E-state index in [9.17, 15) is 14.7 Å². The molecule has 2 aliphatic rings. The minimum atomic E-state index is -1.28. The second kappa shape index (κ2) is 5.81. The highest BCUT2D eigenvalue weighted by Crippen LogP contribution is 2.33. The van der Waals surface area contributed by atoms with Crippen LogP contribution in [-0.2, 0) is 28.9 Å². The van der Waals surface area contributed by atoms with Crippen molar-refractivity contribution < 1.29 is 24.2 Å². The van der Waals surface area contributed by atoms with Gasteiger partial charge >= 0.3 is 5.97 Å². The smallest absolute Gasteiger partial charge is 0.330 e. The van der Waals surface area contributed by atoms with Gasteiger partial charge in [-0.25, -0.2) is 4.79 Å². The number of aliphatic carboxylic acids is 1. The molecule has 0 fully saturated rings. The van der Waals surface area contributed by atoms with E-state index in [1.54, 1.807) is 18.2 Å². The lowest BCUT2D eigenvalue weighted by Crippen LogP contribution is -2.55. The topological polar surface area (TPSA) is 84.9 Å². The van der Waals surface area contributed by atoms with Crippen LogP contribution >= 0.6 is 0 Å². The number of nitrogens with one attached hydrogen (secondary N) is 1. The first-order valence-corrected chi connectivity index (χ1v) is 8.05. The molecule has 2 aromatic carbocycles. The Bertz CT molecular complexity index is 836. The Morgan fingerprint density at radius 1 is 1.04 bits per heavy atom. The average Bonchev–Trinajstić information content (AvgIpc) is 3.18. The Kier molecular flexibility index (Phi) is 3.60. The number of hydrogen-bond donors (Lipinski definition) is 2. The molecular weight excluding hydrogens is 322 g/mol. The molecule has 0 bridgehead atoms. The van der Waals surface area contributed by atoms with Gasteiger partial charge in [-0.05, 0) is 28.8 Å². The molecule has 6 heteroatoms. The summed E-state index contributed by atoms with van der Waals surface area (Å²) in [4.78, 5) is 24.4. The van der Waals surface area contributed by atoms with E-state index in [0.717, 1.165) is 16.7 Å². The second-order valence-electron chi connectivity index (χ2n) is 6.42. The largest absolute Gasteiger partial charge is 0.479 e. The van der Waals surface area contributed by atoms with Crippen LogP contribution in [0, 0.1) is 0 Å². The van der Waals surface area contributed by atoms with Gasteiger partial charge in [-0.2, -0.15) is 0 Å². The average molecular weight is 339 g/mol. The van der Waals surface area contributed by atoms with Crippen molar-refractivity contribution in [3.8, 4) is 11.5 Å². The maximum Gasteiger partial charge on any atom is 0.330 e. The SMILES string of the molecule is O=C(Cc1ccc2c(c1)OCO2)NC1(C(=O)O)Cc2ccccc2C1. The van der Waals surface area contributed by atoms with Gasteiger partial charge < -0.3 is 19.9 Å². The summed E-state index contributed by atoms with van der Waals surface area (Å²) in [5.74, 6) is -0.0827. The van der Waals surface area contributed by atoms with E-state index in [0.29, 0.717) is 24.3 Å². The Hall–Kier alpha value is -3.02. The molecular formula is C19H17NO5. The fraction of sp³-hybridized carbons (Fsp3) is 0.263. The summed E-state index contributed by atoms with van der Waals surface area (Å²) in [5, 5.41) is 12.5. The number of benzene rings is 2. The Morgan fingerprint density at radius 3 is 2.40 bits per heavy atom. The van der Waals surface area contributed by atoms with Crippen molar-refractivity contribution in [1.29, 1.82) is 0 Å². The van der Waals surface area contributed by atoms with Crippen molar-refractivity contribution in [1.82, 2.24) is 5.32 Å². The minimum Gasteiger partial charge on any atom is -0.479 e. The summed E-state index contributed by atoms with van der Waals surface area (Å²) in [7, 11) is 0. The van der Waals surface area contributed by atoms with Crippen molar-refractivity contribution in [3.63, 3.8) is 0 Å². The lowest BCUT2D eigenvalue weighted by molar-refractivity contribution is -0.147. The summed E-state index contributed by atoms with van der Waals surface area (Å²) in [5.41, 5.74) is 1.40. The number of amides is 1. The summed E-state index contributed by atoms with van der Waals surface area (Å²) < 4.78 is 10.6. The molecule has 2 N–H and O–H groups in total. The third kappa shape index (κ3) is 2.80. The molecule has 4 rings (SSSR count). The number of rotatable bonds is 4. The summed E-state index contributed by atoms with van der Waals surface area (Å²) in [6, 6.07) is 12.9. The van der Waals surface area contributed by atoms with E-state index in [4.69, 9.17) is 9.47 Å². The van der Waals surface area contributed by atoms with Gasteiger partial charge in [-0.3, -0.25) is 4.79 Å². The first kappa shape index (κ1) is 15.5. The van der Waals surface area contributed by atoms with E-state index >= 15 is 0 Å². The third-order valence-electron chi connectivity index (χ3n) is 4.69. The van der Waals surface area contributed by atoms with Crippen molar-refractivity contribution in [2.75, 3.05) is 6.79 Å². The van der Waals surface area contributed by atoms with Crippen molar-refractivity contribution in [2.45, 2.75) is 24.8 Å². The number of carbonyl (C=O) groups excluding carboxylic acids is 1. The van der Waals surface area contributed by atoms with Crippen molar-refractivity contribution >= 4 is 11.9 Å². The summed E-state index contributed by atoms with van der Waals surface area (Å²) >= 11 is 0. The monoisotopic (exact) mass is 339 g/mol. The van der Waals surface area contributed by atoms with Crippen LogP contribution in [0.25, 0.3) is 0 Å². The first-order chi connectivity index (χ1) is 12.1. The summed E-state index contributed by atoms with van der Waals surface area (Å²) in [6.07, 6.45) is 0.679. The van der Waals surface area contributed by atoms with Crippen LogP contribution in [0.2, 0.25) is 0 Å². The van der Waals surface area contributed by atoms with Crippen LogP contribution in [0.5, 0.6) is 11.5 Å². The van der Waals surface area contributed by atoms with E-state index < -0.39 is 11.5 Å². The predicted molar refractivity (Wildman–Crippen MR) is 88.6 cm³/mol. The highest BCUT2D eigenvalue weighted by Gasteiger charge is 2.45. The lowest BCUT2D eigenvalue weighted by atomic mass is 9.95. The van der Waals surface area contributed by atoms with Crippen molar-refractivity contribution in [3.05, 3.63) is 59.2 Å². The highest BCUT2D eigenvalue weighted by atomic mass is 16.7. The van der Waals surface area contributed by atoms with Crippen LogP contribution in [0.15, 0.2) is 42.5 Å². The van der Waals surface area contributed by atoms with Crippen LogP contribution in [0.1, 0.15) is 16.7 Å². The molecule has 25 heavy (non-hydrogen) atoms. The van der Waals surface area contributed by atoms with Gasteiger partial charge in [0, 0.05) is 12.8 Å². The molecule has 6 nitrogen and oxygen atoms in total. The Morgan fingerprint density at radius 2 is 1.72 bits per heavy atom. The Labute approximate surface area is 144 Å². The molecule has 1 aliphatic heterocycles. The van der Waals surface area contributed by atoms with Crippen LogP contribution in [-0.4, -0.2) is 29.3 Å².